The molecule has 5 heteroatoms. The molecule has 0 aliphatic carbocycles. The highest BCUT2D eigenvalue weighted by Gasteiger charge is 2.11. The summed E-state index contributed by atoms with van der Waals surface area (Å²) < 4.78 is 5.10. The van der Waals surface area contributed by atoms with Crippen LogP contribution in [0.4, 0.5) is 0 Å². The van der Waals surface area contributed by atoms with Crippen molar-refractivity contribution in [1.82, 2.24) is 15.1 Å². The van der Waals surface area contributed by atoms with Crippen molar-refractivity contribution in [2.24, 2.45) is 5.73 Å². The van der Waals surface area contributed by atoms with Gasteiger partial charge in [0.05, 0.1) is 6.04 Å². The second kappa shape index (κ2) is 3.78. The van der Waals surface area contributed by atoms with Crippen molar-refractivity contribution in [2.75, 3.05) is 0 Å². The van der Waals surface area contributed by atoms with Gasteiger partial charge in [0, 0.05) is 17.5 Å². The molecular weight excluding hydrogens is 192 g/mol. The zero-order valence-electron chi connectivity index (χ0n) is 8.64. The van der Waals surface area contributed by atoms with Gasteiger partial charge in [0.2, 0.25) is 0 Å². The Hall–Kier alpha value is -1.75. The van der Waals surface area contributed by atoms with Crippen molar-refractivity contribution in [3.05, 3.63) is 29.8 Å². The SMILES string of the molecule is Cc1cc(-c2nc(C(C)N)no2)ccn1. The number of nitrogens with zero attached hydrogens (tertiary/aromatic N) is 3. The van der Waals surface area contributed by atoms with Crippen LogP contribution in [0.5, 0.6) is 0 Å². The first-order chi connectivity index (χ1) is 7.16. The van der Waals surface area contributed by atoms with Gasteiger partial charge in [0.1, 0.15) is 0 Å². The van der Waals surface area contributed by atoms with E-state index < -0.39 is 0 Å². The molecule has 2 N–H and O–H groups in total. The summed E-state index contributed by atoms with van der Waals surface area (Å²) in [7, 11) is 0. The predicted molar refractivity (Wildman–Crippen MR) is 54.9 cm³/mol. The zero-order chi connectivity index (χ0) is 10.8. The average molecular weight is 204 g/mol. The lowest BCUT2D eigenvalue weighted by atomic mass is 10.2. The number of hydrogen-bond acceptors (Lipinski definition) is 5. The number of rotatable bonds is 2. The van der Waals surface area contributed by atoms with Crippen LogP contribution in [0.1, 0.15) is 24.5 Å². The van der Waals surface area contributed by atoms with E-state index in [9.17, 15) is 0 Å². The smallest absolute Gasteiger partial charge is 0.258 e. The summed E-state index contributed by atoms with van der Waals surface area (Å²) in [5, 5.41) is 3.79. The van der Waals surface area contributed by atoms with Crippen LogP contribution in [0.3, 0.4) is 0 Å². The van der Waals surface area contributed by atoms with Gasteiger partial charge in [-0.05, 0) is 26.0 Å². The zero-order valence-corrected chi connectivity index (χ0v) is 8.64. The van der Waals surface area contributed by atoms with E-state index in [0.717, 1.165) is 11.3 Å². The fourth-order valence-electron chi connectivity index (χ4n) is 1.22. The lowest BCUT2D eigenvalue weighted by Gasteiger charge is -1.95. The number of hydrogen-bond donors (Lipinski definition) is 1. The van der Waals surface area contributed by atoms with Gasteiger partial charge in [-0.1, -0.05) is 5.16 Å². The molecule has 0 aromatic carbocycles. The lowest BCUT2D eigenvalue weighted by Crippen LogP contribution is -2.06. The third-order valence-corrected chi connectivity index (χ3v) is 1.99. The van der Waals surface area contributed by atoms with Crippen molar-refractivity contribution in [1.29, 1.82) is 0 Å². The fourth-order valence-corrected chi connectivity index (χ4v) is 1.22. The van der Waals surface area contributed by atoms with Gasteiger partial charge in [-0.25, -0.2) is 0 Å². The Morgan fingerprint density at radius 1 is 1.47 bits per heavy atom. The Morgan fingerprint density at radius 3 is 2.87 bits per heavy atom. The normalized spacial score (nSPS) is 12.7. The van der Waals surface area contributed by atoms with E-state index in [1.807, 2.05) is 26.0 Å². The first-order valence-corrected chi connectivity index (χ1v) is 4.69. The van der Waals surface area contributed by atoms with E-state index in [4.69, 9.17) is 10.3 Å². The number of nitrogens with two attached hydrogens (primary N) is 1. The fraction of sp³-hybridized carbons (Fsp3) is 0.300. The summed E-state index contributed by atoms with van der Waals surface area (Å²) in [5.41, 5.74) is 7.41. The molecule has 5 nitrogen and oxygen atoms in total. The standard InChI is InChI=1S/C10H12N4O/c1-6-5-8(3-4-12-6)10-13-9(7(2)11)14-15-10/h3-5,7H,11H2,1-2H3. The second-order valence-electron chi connectivity index (χ2n) is 3.43. The van der Waals surface area contributed by atoms with E-state index in [0.29, 0.717) is 11.7 Å². The van der Waals surface area contributed by atoms with E-state index in [-0.39, 0.29) is 6.04 Å². The highest BCUT2D eigenvalue weighted by atomic mass is 16.5. The molecule has 0 fully saturated rings. The Bertz CT molecular complexity index is 464. The molecule has 0 saturated heterocycles. The van der Waals surface area contributed by atoms with Crippen molar-refractivity contribution in [3.63, 3.8) is 0 Å². The minimum atomic E-state index is -0.217. The van der Waals surface area contributed by atoms with Crippen molar-refractivity contribution in [2.45, 2.75) is 19.9 Å². The molecule has 2 aromatic heterocycles. The summed E-state index contributed by atoms with van der Waals surface area (Å²) >= 11 is 0. The molecule has 0 aliphatic heterocycles. The van der Waals surface area contributed by atoms with Crippen molar-refractivity contribution >= 4 is 0 Å². The maximum Gasteiger partial charge on any atom is 0.258 e. The molecule has 0 saturated carbocycles. The average Bonchev–Trinajstić information content (AvgIpc) is 2.66. The summed E-state index contributed by atoms with van der Waals surface area (Å²) in [5.74, 6) is 0.993. The number of pyridine rings is 1. The highest BCUT2D eigenvalue weighted by Crippen LogP contribution is 2.18. The molecule has 78 valence electrons. The third-order valence-electron chi connectivity index (χ3n) is 1.99. The molecule has 2 heterocycles. The van der Waals surface area contributed by atoms with Crippen LogP contribution >= 0.6 is 0 Å². The minimum absolute atomic E-state index is 0.217. The quantitative estimate of drug-likeness (QED) is 0.801. The second-order valence-corrected chi connectivity index (χ2v) is 3.43. The van der Waals surface area contributed by atoms with Crippen LogP contribution in [0, 0.1) is 6.92 Å². The van der Waals surface area contributed by atoms with Crippen LogP contribution in [0.2, 0.25) is 0 Å². The molecule has 0 amide bonds. The van der Waals surface area contributed by atoms with E-state index in [1.165, 1.54) is 0 Å². The van der Waals surface area contributed by atoms with Crippen LogP contribution in [-0.2, 0) is 0 Å². The van der Waals surface area contributed by atoms with Crippen LogP contribution in [-0.4, -0.2) is 15.1 Å². The van der Waals surface area contributed by atoms with Crippen molar-refractivity contribution in [3.8, 4) is 11.5 Å². The lowest BCUT2D eigenvalue weighted by molar-refractivity contribution is 0.418. The summed E-state index contributed by atoms with van der Waals surface area (Å²) in [6.45, 7) is 3.72. The van der Waals surface area contributed by atoms with Gasteiger partial charge < -0.3 is 10.3 Å². The molecule has 0 radical (unpaired) electrons. The Kier molecular flexibility index (Phi) is 2.47. The molecular formula is C10H12N4O. The molecule has 0 spiro atoms. The molecule has 1 unspecified atom stereocenters. The van der Waals surface area contributed by atoms with Crippen LogP contribution < -0.4 is 5.73 Å². The molecule has 0 bridgehead atoms. The first-order valence-electron chi connectivity index (χ1n) is 4.69. The Labute approximate surface area is 87.3 Å². The third kappa shape index (κ3) is 2.02. The summed E-state index contributed by atoms with van der Waals surface area (Å²) in [6.07, 6.45) is 1.71. The van der Waals surface area contributed by atoms with Crippen LogP contribution in [0.15, 0.2) is 22.9 Å². The molecule has 15 heavy (non-hydrogen) atoms. The summed E-state index contributed by atoms with van der Waals surface area (Å²) in [4.78, 5) is 8.28. The molecule has 1 atom stereocenters. The highest BCUT2D eigenvalue weighted by molar-refractivity contribution is 5.52. The van der Waals surface area contributed by atoms with Gasteiger partial charge in [0.25, 0.3) is 5.89 Å². The number of aryl methyl sites for hydroxylation is 1. The Morgan fingerprint density at radius 2 is 2.27 bits per heavy atom. The van der Waals surface area contributed by atoms with Crippen LogP contribution in [0.25, 0.3) is 11.5 Å². The van der Waals surface area contributed by atoms with E-state index >= 15 is 0 Å². The van der Waals surface area contributed by atoms with Gasteiger partial charge in [0.15, 0.2) is 5.82 Å². The minimum Gasteiger partial charge on any atom is -0.334 e. The number of aromatic nitrogens is 3. The topological polar surface area (TPSA) is 77.8 Å². The van der Waals surface area contributed by atoms with E-state index in [1.54, 1.807) is 6.20 Å². The maximum atomic E-state index is 5.64. The first kappa shape index (κ1) is 9.79. The Balaban J connectivity index is 2.37. The van der Waals surface area contributed by atoms with Gasteiger partial charge in [-0.15, -0.1) is 0 Å². The van der Waals surface area contributed by atoms with Gasteiger partial charge >= 0.3 is 0 Å². The summed E-state index contributed by atoms with van der Waals surface area (Å²) in [6, 6.07) is 3.50. The monoisotopic (exact) mass is 204 g/mol. The van der Waals surface area contributed by atoms with Gasteiger partial charge in [-0.3, -0.25) is 4.98 Å². The largest absolute Gasteiger partial charge is 0.334 e. The molecule has 2 rings (SSSR count). The molecule has 2 aromatic rings. The van der Waals surface area contributed by atoms with Crippen molar-refractivity contribution < 1.29 is 4.52 Å². The van der Waals surface area contributed by atoms with E-state index in [2.05, 4.69) is 15.1 Å². The van der Waals surface area contributed by atoms with Gasteiger partial charge in [-0.2, -0.15) is 4.98 Å². The molecule has 0 aliphatic rings. The predicted octanol–water partition coefficient (Wildman–Crippen LogP) is 1.46. The maximum absolute atomic E-state index is 5.64.